The highest BCUT2D eigenvalue weighted by atomic mass is 16.5. The van der Waals surface area contributed by atoms with Crippen LogP contribution < -0.4 is 5.32 Å². The van der Waals surface area contributed by atoms with Crippen molar-refractivity contribution in [3.63, 3.8) is 0 Å². The minimum absolute atomic E-state index is 0.524. The van der Waals surface area contributed by atoms with Gasteiger partial charge in [0, 0.05) is 13.2 Å². The number of piperidine rings is 1. The van der Waals surface area contributed by atoms with Crippen molar-refractivity contribution < 1.29 is 4.74 Å². The number of nitrogens with one attached hydrogen (secondary N) is 1. The maximum Gasteiger partial charge on any atom is 0.0599 e. The third-order valence-electron chi connectivity index (χ3n) is 4.37. The van der Waals surface area contributed by atoms with Crippen LogP contribution in [-0.4, -0.2) is 50.3 Å². The van der Waals surface area contributed by atoms with Crippen LogP contribution in [0.5, 0.6) is 0 Å². The molecule has 0 radical (unpaired) electrons. The van der Waals surface area contributed by atoms with Gasteiger partial charge in [-0.3, -0.25) is 0 Å². The Morgan fingerprint density at radius 1 is 1.11 bits per heavy atom. The van der Waals surface area contributed by atoms with E-state index in [0.717, 1.165) is 25.6 Å². The summed E-state index contributed by atoms with van der Waals surface area (Å²) in [6, 6.07) is 0. The fraction of sp³-hybridized carbons (Fsp3) is 1.00. The van der Waals surface area contributed by atoms with Gasteiger partial charge < -0.3 is 15.0 Å². The third-order valence-corrected chi connectivity index (χ3v) is 4.37. The molecule has 0 saturated carbocycles. The van der Waals surface area contributed by atoms with Gasteiger partial charge in [0.15, 0.2) is 0 Å². The van der Waals surface area contributed by atoms with Crippen molar-refractivity contribution in [3.8, 4) is 0 Å². The average molecular weight is 254 g/mol. The van der Waals surface area contributed by atoms with Gasteiger partial charge in [-0.05, 0) is 70.6 Å². The lowest BCUT2D eigenvalue weighted by Crippen LogP contribution is -2.33. The van der Waals surface area contributed by atoms with Crippen molar-refractivity contribution in [2.45, 2.75) is 51.6 Å². The van der Waals surface area contributed by atoms with Crippen molar-refractivity contribution in [3.05, 3.63) is 0 Å². The molecule has 0 aromatic carbocycles. The lowest BCUT2D eigenvalue weighted by Gasteiger charge is -2.24. The van der Waals surface area contributed by atoms with Gasteiger partial charge in [0.2, 0.25) is 0 Å². The van der Waals surface area contributed by atoms with E-state index in [1.807, 2.05) is 0 Å². The molecule has 0 aromatic heterocycles. The van der Waals surface area contributed by atoms with Gasteiger partial charge in [0.25, 0.3) is 0 Å². The molecule has 2 aliphatic rings. The van der Waals surface area contributed by atoms with Crippen LogP contribution in [0.2, 0.25) is 0 Å². The molecule has 0 spiro atoms. The van der Waals surface area contributed by atoms with Crippen LogP contribution in [0.4, 0.5) is 0 Å². The molecule has 3 nitrogen and oxygen atoms in total. The fourth-order valence-electron chi connectivity index (χ4n) is 3.05. The van der Waals surface area contributed by atoms with E-state index in [1.165, 1.54) is 58.2 Å². The van der Waals surface area contributed by atoms with Crippen molar-refractivity contribution in [1.29, 1.82) is 0 Å². The lowest BCUT2D eigenvalue weighted by atomic mass is 10.0. The van der Waals surface area contributed by atoms with Crippen LogP contribution in [0.25, 0.3) is 0 Å². The molecular weight excluding hydrogens is 224 g/mol. The van der Waals surface area contributed by atoms with E-state index in [4.69, 9.17) is 4.74 Å². The molecule has 18 heavy (non-hydrogen) atoms. The van der Waals surface area contributed by atoms with Crippen LogP contribution in [0, 0.1) is 5.92 Å². The molecule has 1 unspecified atom stereocenters. The second-order valence-electron chi connectivity index (χ2n) is 6.05. The Balaban J connectivity index is 1.51. The molecule has 0 amide bonds. The highest BCUT2D eigenvalue weighted by Crippen LogP contribution is 2.16. The third kappa shape index (κ3) is 5.25. The van der Waals surface area contributed by atoms with Crippen LogP contribution in [0.15, 0.2) is 0 Å². The highest BCUT2D eigenvalue weighted by Gasteiger charge is 2.15. The summed E-state index contributed by atoms with van der Waals surface area (Å²) in [5.41, 5.74) is 0. The predicted octanol–water partition coefficient (Wildman–Crippen LogP) is 2.27. The predicted molar refractivity (Wildman–Crippen MR) is 75.9 cm³/mol. The Labute approximate surface area is 112 Å². The molecule has 2 aliphatic heterocycles. The summed E-state index contributed by atoms with van der Waals surface area (Å²) in [6.45, 7) is 9.45. The van der Waals surface area contributed by atoms with Crippen molar-refractivity contribution >= 4 is 0 Å². The number of rotatable bonds is 5. The maximum atomic E-state index is 5.96. The molecule has 1 N–H and O–H groups in total. The first kappa shape index (κ1) is 14.3. The Hall–Kier alpha value is -0.120. The minimum Gasteiger partial charge on any atom is -0.378 e. The number of likely N-dealkylation sites (tertiary alicyclic amines) is 1. The van der Waals surface area contributed by atoms with E-state index in [9.17, 15) is 0 Å². The van der Waals surface area contributed by atoms with Crippen LogP contribution >= 0.6 is 0 Å². The zero-order valence-corrected chi connectivity index (χ0v) is 12.0. The Morgan fingerprint density at radius 2 is 1.94 bits per heavy atom. The van der Waals surface area contributed by atoms with Gasteiger partial charge in [-0.2, -0.15) is 0 Å². The minimum atomic E-state index is 0.524. The largest absolute Gasteiger partial charge is 0.378 e. The monoisotopic (exact) mass is 254 g/mol. The van der Waals surface area contributed by atoms with E-state index < -0.39 is 0 Å². The van der Waals surface area contributed by atoms with Gasteiger partial charge >= 0.3 is 0 Å². The molecular formula is C15H30N2O. The normalized spacial score (nSPS) is 28.2. The fourth-order valence-corrected chi connectivity index (χ4v) is 3.05. The van der Waals surface area contributed by atoms with Crippen LogP contribution in [0.3, 0.4) is 0 Å². The molecule has 2 rings (SSSR count). The summed E-state index contributed by atoms with van der Waals surface area (Å²) in [5, 5.41) is 3.38. The van der Waals surface area contributed by atoms with Gasteiger partial charge in [0.05, 0.1) is 6.10 Å². The highest BCUT2D eigenvalue weighted by molar-refractivity contribution is 4.69. The molecule has 0 aromatic rings. The van der Waals surface area contributed by atoms with E-state index in [0.29, 0.717) is 6.10 Å². The number of hydrogen-bond donors (Lipinski definition) is 1. The van der Waals surface area contributed by atoms with Crippen molar-refractivity contribution in [2.24, 2.45) is 5.92 Å². The summed E-state index contributed by atoms with van der Waals surface area (Å²) in [5.74, 6) is 0.931. The first-order chi connectivity index (χ1) is 8.84. The SMILES string of the molecule is CC1CCCN(CCCOC2CCNCC2)CC1. The van der Waals surface area contributed by atoms with Crippen LogP contribution in [-0.2, 0) is 4.74 Å². The van der Waals surface area contributed by atoms with Crippen molar-refractivity contribution in [2.75, 3.05) is 39.3 Å². The molecule has 2 heterocycles. The molecule has 2 saturated heterocycles. The summed E-state index contributed by atoms with van der Waals surface area (Å²) < 4.78 is 5.96. The second-order valence-corrected chi connectivity index (χ2v) is 6.05. The van der Waals surface area contributed by atoms with E-state index in [-0.39, 0.29) is 0 Å². The number of ether oxygens (including phenoxy) is 1. The van der Waals surface area contributed by atoms with Crippen molar-refractivity contribution in [1.82, 2.24) is 10.2 Å². The Kier molecular flexibility index (Phi) is 6.46. The van der Waals surface area contributed by atoms with E-state index in [1.54, 1.807) is 0 Å². The van der Waals surface area contributed by atoms with Crippen LogP contribution in [0.1, 0.15) is 45.4 Å². The molecule has 0 bridgehead atoms. The molecule has 3 heteroatoms. The summed E-state index contributed by atoms with van der Waals surface area (Å²) >= 11 is 0. The zero-order valence-electron chi connectivity index (χ0n) is 12.0. The lowest BCUT2D eigenvalue weighted by molar-refractivity contribution is 0.0279. The standard InChI is InChI=1S/C15H30N2O/c1-14-4-2-10-17(12-7-14)11-3-13-18-15-5-8-16-9-6-15/h14-16H,2-13H2,1H3. The van der Waals surface area contributed by atoms with Gasteiger partial charge in [-0.1, -0.05) is 6.92 Å². The second kappa shape index (κ2) is 8.13. The first-order valence-electron chi connectivity index (χ1n) is 7.89. The molecule has 0 aliphatic carbocycles. The number of nitrogens with zero attached hydrogens (tertiary/aromatic N) is 1. The van der Waals surface area contributed by atoms with E-state index in [2.05, 4.69) is 17.1 Å². The summed E-state index contributed by atoms with van der Waals surface area (Å²) in [6.07, 6.45) is 8.31. The zero-order chi connectivity index (χ0) is 12.6. The number of hydrogen-bond acceptors (Lipinski definition) is 3. The molecule has 1 atom stereocenters. The smallest absolute Gasteiger partial charge is 0.0599 e. The molecule has 106 valence electrons. The molecule has 2 fully saturated rings. The topological polar surface area (TPSA) is 24.5 Å². The van der Waals surface area contributed by atoms with Gasteiger partial charge in [-0.15, -0.1) is 0 Å². The Bertz CT molecular complexity index is 217. The first-order valence-corrected chi connectivity index (χ1v) is 7.89. The van der Waals surface area contributed by atoms with Gasteiger partial charge in [-0.25, -0.2) is 0 Å². The average Bonchev–Trinajstić information content (AvgIpc) is 2.61. The summed E-state index contributed by atoms with van der Waals surface area (Å²) in [4.78, 5) is 2.63. The maximum absolute atomic E-state index is 5.96. The summed E-state index contributed by atoms with van der Waals surface area (Å²) in [7, 11) is 0. The van der Waals surface area contributed by atoms with E-state index >= 15 is 0 Å². The Morgan fingerprint density at radius 3 is 2.78 bits per heavy atom. The van der Waals surface area contributed by atoms with Gasteiger partial charge in [0.1, 0.15) is 0 Å². The quantitative estimate of drug-likeness (QED) is 0.762.